The Morgan fingerprint density at radius 3 is 2.03 bits per heavy atom. The number of hydrogen-bond donors (Lipinski definition) is 0. The van der Waals surface area contributed by atoms with Crippen LogP contribution in [0.25, 0.3) is 10.8 Å². The van der Waals surface area contributed by atoms with Gasteiger partial charge >= 0.3 is 0 Å². The highest BCUT2D eigenvalue weighted by Crippen LogP contribution is 2.20. The summed E-state index contributed by atoms with van der Waals surface area (Å²) in [5.74, 6) is 3.82. The third-order valence-corrected chi connectivity index (χ3v) is 5.45. The molecular weight excluding hydrogens is 412 g/mol. The van der Waals surface area contributed by atoms with Gasteiger partial charge in [-0.15, -0.1) is 0 Å². The van der Waals surface area contributed by atoms with E-state index in [-0.39, 0.29) is 23.4 Å². The second kappa shape index (κ2) is 9.28. The number of aryl methyl sites for hydroxylation is 2. The Labute approximate surface area is 184 Å². The van der Waals surface area contributed by atoms with Crippen molar-refractivity contribution in [3.8, 4) is 11.8 Å². The van der Waals surface area contributed by atoms with E-state index >= 15 is 0 Å². The lowest BCUT2D eigenvalue weighted by Crippen LogP contribution is -2.01. The Morgan fingerprint density at radius 1 is 0.625 bits per heavy atom. The molecule has 0 nitrogen and oxygen atoms in total. The Balaban J connectivity index is 1.49. The standard InChI is InChI=1S/C28H20F4/c1-2-18-14-27(31)25(28(32)15-18)12-6-20-4-8-21(26(30)16-20)7-3-19-5-9-23-17-24(29)11-10-22(23)13-19/h4-5,8-11,13-17H,2,6,12H2,1H3. The summed E-state index contributed by atoms with van der Waals surface area (Å²) in [6, 6.07) is 17.2. The van der Waals surface area contributed by atoms with E-state index in [1.165, 1.54) is 30.3 Å². The molecule has 4 heteroatoms. The number of hydrogen-bond acceptors (Lipinski definition) is 0. The molecule has 32 heavy (non-hydrogen) atoms. The molecule has 0 aromatic heterocycles. The minimum absolute atomic E-state index is 0.0164. The average Bonchev–Trinajstić information content (AvgIpc) is 2.77. The normalized spacial score (nSPS) is 10.8. The lowest BCUT2D eigenvalue weighted by atomic mass is 10.00. The summed E-state index contributed by atoms with van der Waals surface area (Å²) >= 11 is 0. The monoisotopic (exact) mass is 432 g/mol. The van der Waals surface area contributed by atoms with Gasteiger partial charge in [0.05, 0.1) is 5.56 Å². The molecule has 4 rings (SSSR count). The van der Waals surface area contributed by atoms with Crippen LogP contribution in [0, 0.1) is 35.1 Å². The van der Waals surface area contributed by atoms with Crippen molar-refractivity contribution in [3.05, 3.63) is 118 Å². The summed E-state index contributed by atoms with van der Waals surface area (Å²) in [4.78, 5) is 0. The minimum Gasteiger partial charge on any atom is -0.207 e. The van der Waals surface area contributed by atoms with Crippen molar-refractivity contribution in [1.82, 2.24) is 0 Å². The summed E-state index contributed by atoms with van der Waals surface area (Å²) in [5.41, 5.74) is 2.18. The maximum atomic E-state index is 14.5. The number of rotatable bonds is 4. The first-order valence-electron chi connectivity index (χ1n) is 10.4. The first-order chi connectivity index (χ1) is 15.4. The summed E-state index contributed by atoms with van der Waals surface area (Å²) in [6.07, 6.45) is 1.01. The van der Waals surface area contributed by atoms with Crippen LogP contribution >= 0.6 is 0 Å². The van der Waals surface area contributed by atoms with Gasteiger partial charge in [-0.2, -0.15) is 0 Å². The predicted octanol–water partition coefficient (Wildman–Crippen LogP) is 7.14. The first-order valence-corrected chi connectivity index (χ1v) is 10.4. The maximum absolute atomic E-state index is 14.5. The van der Waals surface area contributed by atoms with Crippen molar-refractivity contribution in [2.75, 3.05) is 0 Å². The van der Waals surface area contributed by atoms with Crippen LogP contribution in [-0.2, 0) is 19.3 Å². The molecule has 0 N–H and O–H groups in total. The van der Waals surface area contributed by atoms with Crippen molar-refractivity contribution < 1.29 is 17.6 Å². The molecule has 0 aliphatic rings. The van der Waals surface area contributed by atoms with E-state index in [0.29, 0.717) is 29.5 Å². The smallest absolute Gasteiger partial charge is 0.139 e. The van der Waals surface area contributed by atoms with Crippen molar-refractivity contribution >= 4 is 10.8 Å². The zero-order valence-electron chi connectivity index (χ0n) is 17.5. The molecule has 0 saturated carbocycles. The van der Waals surface area contributed by atoms with Crippen molar-refractivity contribution in [2.45, 2.75) is 26.2 Å². The van der Waals surface area contributed by atoms with Crippen LogP contribution in [0.1, 0.15) is 34.7 Å². The second-order valence-corrected chi connectivity index (χ2v) is 7.66. The highest BCUT2D eigenvalue weighted by Gasteiger charge is 2.11. The quantitative estimate of drug-likeness (QED) is 0.237. The molecule has 0 atom stereocenters. The molecular formula is C28H20F4. The van der Waals surface area contributed by atoms with Gasteiger partial charge in [0.25, 0.3) is 0 Å². The van der Waals surface area contributed by atoms with E-state index in [9.17, 15) is 17.6 Å². The molecule has 0 spiro atoms. The van der Waals surface area contributed by atoms with Gasteiger partial charge < -0.3 is 0 Å². The molecule has 4 aromatic carbocycles. The van der Waals surface area contributed by atoms with E-state index in [1.807, 2.05) is 13.0 Å². The highest BCUT2D eigenvalue weighted by molar-refractivity contribution is 5.84. The zero-order chi connectivity index (χ0) is 22.7. The van der Waals surface area contributed by atoms with Crippen LogP contribution < -0.4 is 0 Å². The van der Waals surface area contributed by atoms with Crippen molar-refractivity contribution in [3.63, 3.8) is 0 Å². The lowest BCUT2D eigenvalue weighted by Gasteiger charge is -2.08. The fraction of sp³-hybridized carbons (Fsp3) is 0.143. The van der Waals surface area contributed by atoms with Crippen LogP contribution in [0.4, 0.5) is 17.6 Å². The predicted molar refractivity (Wildman–Crippen MR) is 119 cm³/mol. The number of halogens is 4. The molecule has 0 fully saturated rings. The Morgan fingerprint density at radius 2 is 1.31 bits per heavy atom. The SMILES string of the molecule is CCc1cc(F)c(CCc2ccc(C#Cc3ccc4cc(F)ccc4c3)c(F)c2)c(F)c1. The van der Waals surface area contributed by atoms with Crippen LogP contribution in [0.5, 0.6) is 0 Å². The van der Waals surface area contributed by atoms with E-state index in [2.05, 4.69) is 11.8 Å². The number of benzene rings is 4. The second-order valence-electron chi connectivity index (χ2n) is 7.66. The molecule has 0 radical (unpaired) electrons. The largest absolute Gasteiger partial charge is 0.207 e. The summed E-state index contributed by atoms with van der Waals surface area (Å²) in [6.45, 7) is 1.84. The molecule has 0 aliphatic carbocycles. The zero-order valence-corrected chi connectivity index (χ0v) is 17.5. The van der Waals surface area contributed by atoms with Crippen LogP contribution in [0.2, 0.25) is 0 Å². The highest BCUT2D eigenvalue weighted by atomic mass is 19.1. The first kappa shape index (κ1) is 21.6. The van der Waals surface area contributed by atoms with Gasteiger partial charge in [-0.05, 0) is 89.7 Å². The third kappa shape index (κ3) is 4.84. The molecule has 0 saturated heterocycles. The number of fused-ring (bicyclic) bond motifs is 1. The van der Waals surface area contributed by atoms with Gasteiger partial charge in [0, 0.05) is 11.1 Å². The lowest BCUT2D eigenvalue weighted by molar-refractivity contribution is 0.551. The van der Waals surface area contributed by atoms with Crippen LogP contribution in [0.15, 0.2) is 66.7 Å². The molecule has 0 bridgehead atoms. The van der Waals surface area contributed by atoms with Crippen LogP contribution in [-0.4, -0.2) is 0 Å². The maximum Gasteiger partial charge on any atom is 0.139 e. The van der Waals surface area contributed by atoms with Crippen molar-refractivity contribution in [2.24, 2.45) is 0 Å². The molecule has 4 aromatic rings. The molecule has 0 amide bonds. The third-order valence-electron chi connectivity index (χ3n) is 5.45. The van der Waals surface area contributed by atoms with Gasteiger partial charge in [0.15, 0.2) is 0 Å². The van der Waals surface area contributed by atoms with Gasteiger partial charge in [-0.1, -0.05) is 37.0 Å². The van der Waals surface area contributed by atoms with Gasteiger partial charge in [0.1, 0.15) is 23.3 Å². The Bertz CT molecular complexity index is 1340. The Hall–Kier alpha value is -3.58. The van der Waals surface area contributed by atoms with E-state index < -0.39 is 17.5 Å². The molecule has 0 unspecified atom stereocenters. The minimum atomic E-state index is -0.567. The molecule has 0 heterocycles. The Kier molecular flexibility index (Phi) is 6.28. The van der Waals surface area contributed by atoms with Gasteiger partial charge in [-0.3, -0.25) is 0 Å². The summed E-state index contributed by atoms with van der Waals surface area (Å²) < 4.78 is 56.2. The fourth-order valence-electron chi connectivity index (χ4n) is 3.62. The summed E-state index contributed by atoms with van der Waals surface area (Å²) in [7, 11) is 0. The van der Waals surface area contributed by atoms with E-state index in [4.69, 9.17) is 0 Å². The fourth-order valence-corrected chi connectivity index (χ4v) is 3.62. The topological polar surface area (TPSA) is 0 Å². The summed E-state index contributed by atoms with van der Waals surface area (Å²) in [5, 5.41) is 1.61. The molecule has 0 aliphatic heterocycles. The van der Waals surface area contributed by atoms with Gasteiger partial charge in [0.2, 0.25) is 0 Å². The van der Waals surface area contributed by atoms with E-state index in [1.54, 1.807) is 30.3 Å². The van der Waals surface area contributed by atoms with Gasteiger partial charge in [-0.25, -0.2) is 17.6 Å². The van der Waals surface area contributed by atoms with Crippen molar-refractivity contribution in [1.29, 1.82) is 0 Å². The van der Waals surface area contributed by atoms with Crippen LogP contribution in [0.3, 0.4) is 0 Å². The van der Waals surface area contributed by atoms with E-state index in [0.717, 1.165) is 10.8 Å². The average molecular weight is 432 g/mol. The molecule has 160 valence electrons.